The van der Waals surface area contributed by atoms with E-state index in [-0.39, 0.29) is 108 Å². The first-order chi connectivity index (χ1) is 58.4. The Bertz CT molecular complexity index is 5800. The molecule has 0 bridgehead atoms. The molecule has 0 amide bonds. The van der Waals surface area contributed by atoms with Crippen LogP contribution < -0.4 is 22.8 Å². The maximum absolute atomic E-state index is 8.42. The number of hydrogen-bond acceptors (Lipinski definition) is 0. The Labute approximate surface area is 552 Å². The van der Waals surface area contributed by atoms with E-state index in [1.54, 1.807) is 43.1 Å². The Morgan fingerprint density at radius 3 is 1.52 bits per heavy atom. The van der Waals surface area contributed by atoms with Gasteiger partial charge in [-0.3, -0.25) is 0 Å². The molecular weight excluding hydrogens is 971 g/mol. The molecule has 0 N–H and O–H groups in total. The minimum Gasteiger partial charge on any atom is -0.201 e. The molecular formula is C75H90N5+5. The van der Waals surface area contributed by atoms with E-state index < -0.39 is 194 Å². The lowest BCUT2D eigenvalue weighted by molar-refractivity contribution is -0.660. The van der Waals surface area contributed by atoms with Crippen molar-refractivity contribution in [2.45, 2.75) is 103 Å². The van der Waals surface area contributed by atoms with Gasteiger partial charge in [-0.2, -0.15) is 0 Å². The highest BCUT2D eigenvalue weighted by Gasteiger charge is 2.19. The normalized spacial score (nSPS) is 21.1. The van der Waals surface area contributed by atoms with Gasteiger partial charge in [0, 0.05) is 127 Å². The summed E-state index contributed by atoms with van der Waals surface area (Å²) >= 11 is 0. The summed E-state index contributed by atoms with van der Waals surface area (Å²) in [6, 6.07) is 3.40. The Morgan fingerprint density at radius 2 is 0.900 bits per heavy atom. The van der Waals surface area contributed by atoms with Crippen molar-refractivity contribution in [1.29, 1.82) is 0 Å². The van der Waals surface area contributed by atoms with E-state index in [0.29, 0.717) is 27.9 Å². The van der Waals surface area contributed by atoms with Gasteiger partial charge < -0.3 is 0 Å². The molecule has 0 fully saturated rings. The maximum Gasteiger partial charge on any atom is 0.215 e. The van der Waals surface area contributed by atoms with Crippen LogP contribution in [-0.4, -0.2) is 0 Å². The van der Waals surface area contributed by atoms with E-state index in [2.05, 4.69) is 0 Å². The molecule has 10 rings (SSSR count). The summed E-state index contributed by atoms with van der Waals surface area (Å²) in [4.78, 5) is 0. The third kappa shape index (κ3) is 15.6. The number of nitrogens with zero attached hydrogens (tertiary/aromatic N) is 5. The zero-order valence-corrected chi connectivity index (χ0v) is 45.5. The third-order valence-corrected chi connectivity index (χ3v) is 11.9. The zero-order chi connectivity index (χ0) is 101. The quantitative estimate of drug-likeness (QED) is 0.153. The molecule has 0 aliphatic heterocycles. The topological polar surface area (TPSA) is 19.4 Å². The molecule has 0 spiro atoms. The van der Waals surface area contributed by atoms with E-state index in [1.165, 1.54) is 96.8 Å². The van der Waals surface area contributed by atoms with Crippen molar-refractivity contribution >= 4 is 0 Å². The van der Waals surface area contributed by atoms with Gasteiger partial charge in [0.2, 0.25) is 28.5 Å². The number of rotatable bonds is 5. The van der Waals surface area contributed by atoms with Gasteiger partial charge in [-0.15, -0.1) is 0 Å². The van der Waals surface area contributed by atoms with Crippen LogP contribution in [-0.2, 0) is 35.2 Å². The van der Waals surface area contributed by atoms with Crippen LogP contribution in [0.3, 0.4) is 0 Å². The lowest BCUT2D eigenvalue weighted by atomic mass is 9.97. The molecule has 0 unspecified atom stereocenters. The molecule has 0 aliphatic rings. The van der Waals surface area contributed by atoms with E-state index in [4.69, 9.17) is 68.5 Å². The molecule has 5 aromatic carbocycles. The van der Waals surface area contributed by atoms with E-state index in [0.717, 1.165) is 13.7 Å². The molecule has 5 aromatic heterocycles. The lowest BCUT2D eigenvalue weighted by Crippen LogP contribution is -2.32. The average Bonchev–Trinajstić information content (AvgIpc) is 0.742. The Balaban J connectivity index is 0.000000250. The van der Waals surface area contributed by atoms with Crippen LogP contribution in [0.25, 0.3) is 56.3 Å². The fourth-order valence-corrected chi connectivity index (χ4v) is 7.76. The molecule has 10 aromatic rings. The standard InChI is InChI=1S/2C16H20N.C15H18N.2C14H16N/c1-11-6-7-15(13(3)8-11)16-9-12(2)14(4)10-17(16)5;1-11-6-7-15(13(3)10-11)16-14(4)12(2)8-9-17(16)5;1-11-7-5-6-8-14(11)15-9-12(2)13(3)10-16(15)4;1-11-7-8-13(12(2)10-11)14-6-4-5-9-15(14)3;1-11-8-9-14(15(3)10-11)13-7-5-4-6-12(13)2/h2*6-10H,1-5H3;5-10H,1-4H3;2*4-10H,1-3H3/q5*+1/i2*1D3,2D3,4D3;2D3,3D3,5D,6D,7D,8D,9D,10D;2*1D3,4D,5D,6D,7D,8D,9D,10D. The Hall–Kier alpha value is -8.15. The molecule has 410 valence electrons. The summed E-state index contributed by atoms with van der Waals surface area (Å²) in [7, 11) is 7.24. The second kappa shape index (κ2) is 27.6. The molecule has 5 nitrogen and oxygen atoms in total. The summed E-state index contributed by atoms with van der Waals surface area (Å²) in [6.07, 6.45) is 1.30. The summed E-state index contributed by atoms with van der Waals surface area (Å²) in [5, 5.41) is 0. The van der Waals surface area contributed by atoms with Crippen molar-refractivity contribution in [3.63, 3.8) is 0 Å². The van der Waals surface area contributed by atoms with Gasteiger partial charge in [-0.05, 0) is 190 Å². The van der Waals surface area contributed by atoms with Gasteiger partial charge in [-0.25, -0.2) is 22.8 Å². The highest BCUT2D eigenvalue weighted by atomic mass is 14.9. The first kappa shape index (κ1) is 22.4. The summed E-state index contributed by atoms with van der Waals surface area (Å²) in [5.41, 5.74) is -0.524. The zero-order valence-electron chi connectivity index (χ0n) is 95.5. The largest absolute Gasteiger partial charge is 0.215 e. The minimum absolute atomic E-state index is 0.0161. The smallest absolute Gasteiger partial charge is 0.201 e. The van der Waals surface area contributed by atoms with Crippen LogP contribution in [0.4, 0.5) is 0 Å². The van der Waals surface area contributed by atoms with E-state index >= 15 is 0 Å². The Kier molecular flexibility index (Phi) is 7.74. The van der Waals surface area contributed by atoms with Gasteiger partial charge in [-0.1, -0.05) is 89.3 Å². The second-order valence-corrected chi connectivity index (χ2v) is 17.9. The van der Waals surface area contributed by atoms with Gasteiger partial charge in [0.05, 0.1) is 23.3 Å². The van der Waals surface area contributed by atoms with Crippen molar-refractivity contribution in [1.82, 2.24) is 0 Å². The van der Waals surface area contributed by atoms with Crippen LogP contribution in [0.15, 0.2) is 182 Å². The van der Waals surface area contributed by atoms with Crippen LogP contribution >= 0.6 is 0 Å². The second-order valence-electron chi connectivity index (χ2n) is 17.9. The summed E-state index contributed by atoms with van der Waals surface area (Å²) < 4.78 is 395. The number of benzene rings is 5. The SMILES string of the molecule is [2H]C([2H])([2H])c1ccc(-c2c(C([2H])([2H])[2H])c(C([2H])([2H])[2H])cc[n+]2C)c(C)c1.[2H]C([2H])([2H])c1ccc(-c2cc(C([2H])([2H])[2H])c(C([2H])([2H])[2H])c[n+]2C)c(C)c1.[2H]c1c([2H])c([2H])[n+](C)c(-c2c([2H])c([2H])c(C([2H])([2H])[2H])c([2H])c2C)c1[2H].[2H]c1c([2H])c([2H])c(-c2c([2H])c(C([2H])([2H])[2H])c(C([2H])([2H])[2H])c([2H])[n+]2C)c(C)c1[2H].[2H]c1c([2H])c([2H])c(-c2c([2H])c([2H])c(C([2H])([2H])[2H])c([2H])[n+]2C)c(C)c1[2H]. The van der Waals surface area contributed by atoms with Crippen molar-refractivity contribution in [2.24, 2.45) is 35.2 Å². The fraction of sp³-hybridized carbons (Fsp3) is 0.267. The third-order valence-electron chi connectivity index (χ3n) is 11.9. The van der Waals surface area contributed by atoms with Crippen LogP contribution in [0.5, 0.6) is 0 Å². The number of pyridine rings is 5. The maximum atomic E-state index is 8.42. The molecule has 0 saturated heterocycles. The molecule has 0 saturated carbocycles. The summed E-state index contributed by atoms with van der Waals surface area (Å²) in [6.45, 7) is -18.7. The minimum atomic E-state index is -3.02. The van der Waals surface area contributed by atoms with E-state index in [1.807, 2.05) is 0 Å². The van der Waals surface area contributed by atoms with Gasteiger partial charge in [0.15, 0.2) is 30.9 Å². The highest BCUT2D eigenvalue weighted by molar-refractivity contribution is 5.66. The predicted molar refractivity (Wildman–Crippen MR) is 336 cm³/mol. The van der Waals surface area contributed by atoms with Crippen LogP contribution in [0, 0.1) is 103 Å². The molecule has 80 heavy (non-hydrogen) atoms. The predicted octanol–water partition coefficient (Wildman–Crippen LogP) is 15.5. The number of aryl methyl sites for hydroxylation is 9. The van der Waals surface area contributed by atoms with Crippen LogP contribution in [0.1, 0.15) is 152 Å². The Morgan fingerprint density at radius 1 is 0.325 bits per heavy atom. The van der Waals surface area contributed by atoms with Gasteiger partial charge in [0.25, 0.3) is 0 Å². The lowest BCUT2D eigenvalue weighted by Gasteiger charge is -2.09. The highest BCUT2D eigenvalue weighted by Crippen LogP contribution is 2.27. The van der Waals surface area contributed by atoms with Crippen molar-refractivity contribution < 1.29 is 91.4 Å². The molecule has 0 aliphatic carbocycles. The first-order valence-corrected chi connectivity index (χ1v) is 24.0. The average molecular weight is 1110 g/mol. The number of aromatic nitrogens is 5. The molecule has 5 heteroatoms. The first-order valence-electron chi connectivity index (χ1n) is 49.0. The number of hydrogen-bond donors (Lipinski definition) is 0. The van der Waals surface area contributed by atoms with Gasteiger partial charge in [0.1, 0.15) is 39.4 Å². The van der Waals surface area contributed by atoms with E-state index in [9.17, 15) is 0 Å². The molecule has 5 heterocycles. The van der Waals surface area contributed by atoms with Crippen molar-refractivity contribution in [3.8, 4) is 56.3 Å². The monoisotopic (exact) mass is 1110 g/mol. The fourth-order valence-electron chi connectivity index (χ4n) is 7.76. The van der Waals surface area contributed by atoms with Crippen LogP contribution in [0.2, 0.25) is 0 Å². The van der Waals surface area contributed by atoms with Gasteiger partial charge >= 0.3 is 0 Å². The molecule has 0 atom stereocenters. The molecule has 0 radical (unpaired) electrons. The van der Waals surface area contributed by atoms with Crippen molar-refractivity contribution in [2.75, 3.05) is 0 Å². The summed E-state index contributed by atoms with van der Waals surface area (Å²) in [5.74, 6) is 0. The van der Waals surface area contributed by atoms with Crippen molar-refractivity contribution in [3.05, 3.63) is 266 Å².